The van der Waals surface area contributed by atoms with Gasteiger partial charge in [-0.3, -0.25) is 18.7 Å². The molecule has 1 aliphatic rings. The molecule has 1 amide bonds. The second-order valence-corrected chi connectivity index (χ2v) is 6.42. The predicted octanol–water partition coefficient (Wildman–Crippen LogP) is 1.05. The minimum Gasteiger partial charge on any atom is -0.481 e. The summed E-state index contributed by atoms with van der Waals surface area (Å²) < 4.78 is 2.97. The van der Waals surface area contributed by atoms with Crippen LogP contribution < -0.4 is 5.69 Å². The molecule has 0 bridgehead atoms. The summed E-state index contributed by atoms with van der Waals surface area (Å²) in [6.07, 6.45) is 1.24. The molecule has 2 unspecified atom stereocenters. The first-order valence-electron chi connectivity index (χ1n) is 8.06. The molecule has 0 radical (unpaired) electrons. The second-order valence-electron chi connectivity index (χ2n) is 6.42. The number of fused-ring (bicyclic) bond motifs is 1. The van der Waals surface area contributed by atoms with Gasteiger partial charge < -0.3 is 10.0 Å². The molecule has 1 aliphatic heterocycles. The van der Waals surface area contributed by atoms with Gasteiger partial charge in [-0.25, -0.2) is 4.79 Å². The van der Waals surface area contributed by atoms with Crippen molar-refractivity contribution in [1.82, 2.24) is 14.0 Å². The highest BCUT2D eigenvalue weighted by atomic mass is 16.4. The second kappa shape index (κ2) is 6.14. The van der Waals surface area contributed by atoms with E-state index in [0.717, 1.165) is 5.52 Å². The number of rotatable bonds is 3. The molecule has 0 aliphatic carbocycles. The third-order valence-corrected chi connectivity index (χ3v) is 4.90. The summed E-state index contributed by atoms with van der Waals surface area (Å²) in [4.78, 5) is 38.0. The SMILES string of the molecule is CC1CCC(C(=O)O)CN1C(=O)Cn1c(=O)n(C)c2ccccc21. The average Bonchev–Trinajstić information content (AvgIpc) is 2.80. The summed E-state index contributed by atoms with van der Waals surface area (Å²) in [5.41, 5.74) is 1.23. The highest BCUT2D eigenvalue weighted by molar-refractivity contribution is 5.82. The Morgan fingerprint density at radius 2 is 1.88 bits per heavy atom. The van der Waals surface area contributed by atoms with E-state index in [1.165, 1.54) is 9.13 Å². The molecule has 1 aromatic heterocycles. The van der Waals surface area contributed by atoms with Crippen LogP contribution in [0.1, 0.15) is 19.8 Å². The van der Waals surface area contributed by atoms with Gasteiger partial charge in [0, 0.05) is 19.6 Å². The Bertz CT molecular complexity index is 851. The minimum absolute atomic E-state index is 0.0150. The van der Waals surface area contributed by atoms with Gasteiger partial charge >= 0.3 is 11.7 Å². The number of carbonyl (C=O) groups excluding carboxylic acids is 1. The van der Waals surface area contributed by atoms with Gasteiger partial charge in [0.15, 0.2) is 0 Å². The van der Waals surface area contributed by atoms with Crippen molar-refractivity contribution < 1.29 is 14.7 Å². The Morgan fingerprint density at radius 3 is 2.54 bits per heavy atom. The molecule has 3 rings (SSSR count). The van der Waals surface area contributed by atoms with Crippen molar-refractivity contribution in [2.24, 2.45) is 13.0 Å². The van der Waals surface area contributed by atoms with Gasteiger partial charge in [0.1, 0.15) is 6.54 Å². The van der Waals surface area contributed by atoms with E-state index >= 15 is 0 Å². The fourth-order valence-electron chi connectivity index (χ4n) is 3.40. The van der Waals surface area contributed by atoms with Crippen molar-refractivity contribution >= 4 is 22.9 Å². The summed E-state index contributed by atoms with van der Waals surface area (Å²) >= 11 is 0. The molecule has 1 N–H and O–H groups in total. The number of hydrogen-bond donors (Lipinski definition) is 1. The first-order valence-corrected chi connectivity index (χ1v) is 8.06. The maximum Gasteiger partial charge on any atom is 0.329 e. The van der Waals surface area contributed by atoms with Gasteiger partial charge in [0.25, 0.3) is 0 Å². The minimum atomic E-state index is -0.873. The van der Waals surface area contributed by atoms with Gasteiger partial charge in [0.2, 0.25) is 5.91 Å². The Kier molecular flexibility index (Phi) is 4.17. The number of aryl methyl sites for hydroxylation is 1. The van der Waals surface area contributed by atoms with Crippen LogP contribution in [0, 0.1) is 5.92 Å². The molecule has 7 nitrogen and oxygen atoms in total. The summed E-state index contributed by atoms with van der Waals surface area (Å²) in [6, 6.07) is 7.30. The predicted molar refractivity (Wildman–Crippen MR) is 88.7 cm³/mol. The molecule has 2 aromatic rings. The monoisotopic (exact) mass is 331 g/mol. The van der Waals surface area contributed by atoms with Gasteiger partial charge in [-0.05, 0) is 31.9 Å². The first kappa shape index (κ1) is 16.3. The van der Waals surface area contributed by atoms with Gasteiger partial charge in [0.05, 0.1) is 17.0 Å². The van der Waals surface area contributed by atoms with E-state index in [1.807, 2.05) is 31.2 Å². The number of hydrogen-bond acceptors (Lipinski definition) is 3. The van der Waals surface area contributed by atoms with Crippen LogP contribution in [-0.4, -0.2) is 43.6 Å². The zero-order valence-corrected chi connectivity index (χ0v) is 13.8. The zero-order chi connectivity index (χ0) is 17.4. The third kappa shape index (κ3) is 2.70. The van der Waals surface area contributed by atoms with Crippen LogP contribution in [0.15, 0.2) is 29.1 Å². The summed E-state index contributed by atoms with van der Waals surface area (Å²) in [5.74, 6) is -1.62. The van der Waals surface area contributed by atoms with Crippen LogP contribution in [0.25, 0.3) is 11.0 Å². The van der Waals surface area contributed by atoms with Gasteiger partial charge in [-0.15, -0.1) is 0 Å². The lowest BCUT2D eigenvalue weighted by Gasteiger charge is -2.36. The number of carboxylic acids is 1. The van der Waals surface area contributed by atoms with Crippen molar-refractivity contribution in [3.05, 3.63) is 34.7 Å². The fourth-order valence-corrected chi connectivity index (χ4v) is 3.40. The maximum atomic E-state index is 12.7. The summed E-state index contributed by atoms with van der Waals surface area (Å²) in [7, 11) is 1.68. The molecular weight excluding hydrogens is 310 g/mol. The van der Waals surface area contributed by atoms with E-state index in [2.05, 4.69) is 0 Å². The number of imidazole rings is 1. The standard InChI is InChI=1S/C17H21N3O4/c1-11-7-8-12(16(22)23)9-19(11)15(21)10-20-14-6-4-3-5-13(14)18(2)17(20)24/h3-6,11-12H,7-10H2,1-2H3,(H,22,23). The summed E-state index contributed by atoms with van der Waals surface area (Å²) in [5, 5.41) is 9.21. The Balaban J connectivity index is 1.88. The Morgan fingerprint density at radius 1 is 1.21 bits per heavy atom. The van der Waals surface area contributed by atoms with Crippen LogP contribution in [0.4, 0.5) is 0 Å². The Hall–Kier alpha value is -2.57. The van der Waals surface area contributed by atoms with E-state index < -0.39 is 11.9 Å². The van der Waals surface area contributed by atoms with Crippen LogP contribution in [0.3, 0.4) is 0 Å². The highest BCUT2D eigenvalue weighted by Gasteiger charge is 2.32. The largest absolute Gasteiger partial charge is 0.481 e. The number of aliphatic carboxylic acids is 1. The Labute approximate surface area is 139 Å². The molecule has 1 fully saturated rings. The molecule has 0 spiro atoms. The smallest absolute Gasteiger partial charge is 0.329 e. The lowest BCUT2D eigenvalue weighted by molar-refractivity contribution is -0.147. The topological polar surface area (TPSA) is 84.5 Å². The van der Waals surface area contributed by atoms with Gasteiger partial charge in [-0.1, -0.05) is 12.1 Å². The molecular formula is C17H21N3O4. The molecule has 0 saturated carbocycles. The number of carbonyl (C=O) groups is 2. The number of carboxylic acid groups (broad SMARTS) is 1. The normalized spacial score (nSPS) is 21.2. The van der Waals surface area contributed by atoms with Crippen molar-refractivity contribution in [2.75, 3.05) is 6.54 Å². The van der Waals surface area contributed by atoms with Crippen molar-refractivity contribution in [2.45, 2.75) is 32.4 Å². The number of likely N-dealkylation sites (tertiary alicyclic amines) is 1. The van der Waals surface area contributed by atoms with Crippen molar-refractivity contribution in [1.29, 1.82) is 0 Å². The number of benzene rings is 1. The van der Waals surface area contributed by atoms with E-state index in [-0.39, 0.29) is 30.7 Å². The van der Waals surface area contributed by atoms with E-state index in [0.29, 0.717) is 18.4 Å². The number of para-hydroxylation sites is 2. The molecule has 1 aromatic carbocycles. The van der Waals surface area contributed by atoms with Crippen molar-refractivity contribution in [3.63, 3.8) is 0 Å². The zero-order valence-electron chi connectivity index (χ0n) is 13.8. The quantitative estimate of drug-likeness (QED) is 0.911. The molecule has 2 heterocycles. The number of amides is 1. The maximum absolute atomic E-state index is 12.7. The average molecular weight is 331 g/mol. The van der Waals surface area contributed by atoms with E-state index in [1.54, 1.807) is 11.9 Å². The third-order valence-electron chi connectivity index (χ3n) is 4.90. The number of piperidine rings is 1. The van der Waals surface area contributed by atoms with Crippen LogP contribution >= 0.6 is 0 Å². The van der Waals surface area contributed by atoms with E-state index in [9.17, 15) is 19.5 Å². The number of aromatic nitrogens is 2. The van der Waals surface area contributed by atoms with Gasteiger partial charge in [-0.2, -0.15) is 0 Å². The van der Waals surface area contributed by atoms with E-state index in [4.69, 9.17) is 0 Å². The first-order chi connectivity index (χ1) is 11.4. The number of nitrogens with zero attached hydrogens (tertiary/aromatic N) is 3. The lowest BCUT2D eigenvalue weighted by Crippen LogP contribution is -2.49. The highest BCUT2D eigenvalue weighted by Crippen LogP contribution is 2.23. The van der Waals surface area contributed by atoms with Crippen LogP contribution in [0.5, 0.6) is 0 Å². The molecule has 1 saturated heterocycles. The fraction of sp³-hybridized carbons (Fsp3) is 0.471. The molecule has 7 heteroatoms. The van der Waals surface area contributed by atoms with Crippen LogP contribution in [-0.2, 0) is 23.2 Å². The molecule has 24 heavy (non-hydrogen) atoms. The molecule has 2 atom stereocenters. The molecule has 128 valence electrons. The summed E-state index contributed by atoms with van der Waals surface area (Å²) in [6.45, 7) is 2.05. The van der Waals surface area contributed by atoms with Crippen molar-refractivity contribution in [3.8, 4) is 0 Å². The lowest BCUT2D eigenvalue weighted by atomic mass is 9.93. The van der Waals surface area contributed by atoms with Crippen LogP contribution in [0.2, 0.25) is 0 Å².